The lowest BCUT2D eigenvalue weighted by Crippen LogP contribution is -2.38. The van der Waals surface area contributed by atoms with Crippen LogP contribution in [0.15, 0.2) is 132 Å². The molecule has 0 heterocycles. The summed E-state index contributed by atoms with van der Waals surface area (Å²) in [6.45, 7) is 0. The second-order valence-electron chi connectivity index (χ2n) is 7.99. The average molecular weight is 514 g/mol. The molecule has 0 aliphatic carbocycles. The van der Waals surface area contributed by atoms with Crippen LogP contribution in [0.3, 0.4) is 0 Å². The van der Waals surface area contributed by atoms with Crippen LogP contribution in [0.4, 0.5) is 0 Å². The van der Waals surface area contributed by atoms with E-state index in [4.69, 9.17) is 4.74 Å². The Labute approximate surface area is 217 Å². The number of hydrogen-bond acceptors (Lipinski definition) is 5. The van der Waals surface area contributed by atoms with E-state index in [1.54, 1.807) is 12.1 Å². The van der Waals surface area contributed by atoms with Crippen LogP contribution in [-0.2, 0) is 9.53 Å². The molecular weight excluding hydrogens is 485 g/mol. The topological polar surface area (TPSA) is 61.4 Å². The molecule has 0 spiro atoms. The summed E-state index contributed by atoms with van der Waals surface area (Å²) >= 11 is 1.35. The third-order valence-electron chi connectivity index (χ3n) is 5.93. The van der Waals surface area contributed by atoms with Crippen molar-refractivity contribution in [2.75, 3.05) is 13.4 Å². The van der Waals surface area contributed by atoms with Crippen molar-refractivity contribution < 1.29 is 14.6 Å². The minimum absolute atomic E-state index is 0.461. The maximum absolute atomic E-state index is 13.8. The van der Waals surface area contributed by atoms with Crippen LogP contribution >= 0.6 is 19.0 Å². The first kappa shape index (κ1) is 25.7. The van der Waals surface area contributed by atoms with E-state index in [2.05, 4.69) is 41.7 Å². The predicted octanol–water partition coefficient (Wildman–Crippen LogP) is 4.33. The van der Waals surface area contributed by atoms with E-state index in [0.29, 0.717) is 15.9 Å². The monoisotopic (exact) mass is 513 g/mol. The fourth-order valence-corrected chi connectivity index (χ4v) is 9.77. The lowest BCUT2D eigenvalue weighted by molar-refractivity contribution is -0.433. The third-order valence-corrected chi connectivity index (χ3v) is 11.1. The first-order valence-electron chi connectivity index (χ1n) is 11.5. The van der Waals surface area contributed by atoms with Crippen LogP contribution in [0.1, 0.15) is 11.8 Å². The van der Waals surface area contributed by atoms with Gasteiger partial charge in [0.05, 0.1) is 7.11 Å². The highest BCUT2D eigenvalue weighted by Crippen LogP contribution is 2.64. The molecule has 1 atom stereocenters. The Kier molecular flexibility index (Phi) is 8.61. The van der Waals surface area contributed by atoms with Crippen molar-refractivity contribution in [1.82, 2.24) is 5.32 Å². The highest BCUT2D eigenvalue weighted by molar-refractivity contribution is 8.04. The van der Waals surface area contributed by atoms with Crippen molar-refractivity contribution in [3.63, 3.8) is 0 Å². The molecule has 0 bridgehead atoms. The van der Waals surface area contributed by atoms with E-state index in [1.807, 2.05) is 79.1 Å². The summed E-state index contributed by atoms with van der Waals surface area (Å²) in [6.07, 6.45) is 0.621. The van der Waals surface area contributed by atoms with Crippen molar-refractivity contribution >= 4 is 40.9 Å². The van der Waals surface area contributed by atoms with Crippen LogP contribution in [0.25, 0.3) is 0 Å². The van der Waals surface area contributed by atoms with Crippen molar-refractivity contribution in [3.8, 4) is 0 Å². The molecule has 4 aromatic rings. The van der Waals surface area contributed by atoms with Gasteiger partial charge in [0, 0.05) is 0 Å². The van der Waals surface area contributed by atoms with Gasteiger partial charge < -0.3 is 15.2 Å². The van der Waals surface area contributed by atoms with Crippen LogP contribution in [0, 0.1) is 0 Å². The minimum Gasteiger partial charge on any atom is -0.833 e. The van der Waals surface area contributed by atoms with E-state index >= 15 is 0 Å². The van der Waals surface area contributed by atoms with Gasteiger partial charge in [0.15, 0.2) is 7.26 Å². The summed E-state index contributed by atoms with van der Waals surface area (Å²) in [6, 6.07) is 39.2. The zero-order valence-corrected chi connectivity index (χ0v) is 21.9. The summed E-state index contributed by atoms with van der Waals surface area (Å²) in [7, 11) is -1.38. The number of benzene rings is 4. The summed E-state index contributed by atoms with van der Waals surface area (Å²) < 4.78 is 5.43. The molecular formula is C30H28NO3PS. The smallest absolute Gasteiger partial charge is 0.377 e. The lowest BCUT2D eigenvalue weighted by Gasteiger charge is -2.32. The second kappa shape index (κ2) is 12.0. The number of esters is 1. The van der Waals surface area contributed by atoms with Crippen LogP contribution in [0.2, 0.25) is 0 Å². The molecule has 4 rings (SSSR count). The Bertz CT molecular complexity index is 1200. The Balaban J connectivity index is 2.09. The van der Waals surface area contributed by atoms with Crippen molar-refractivity contribution in [2.45, 2.75) is 6.23 Å². The van der Waals surface area contributed by atoms with Crippen LogP contribution < -0.4 is 26.3 Å². The summed E-state index contributed by atoms with van der Waals surface area (Å²) in [4.78, 5) is 13.8. The number of carbonyl (C=O) groups excluding carboxylic acids is 1. The number of nitrogens with one attached hydrogen (secondary N) is 1. The van der Waals surface area contributed by atoms with E-state index in [0.717, 1.165) is 15.9 Å². The predicted molar refractivity (Wildman–Crippen MR) is 150 cm³/mol. The summed E-state index contributed by atoms with van der Waals surface area (Å²) in [5.41, 5.74) is 0.594. The van der Waals surface area contributed by atoms with Crippen LogP contribution in [-0.4, -0.2) is 19.3 Å². The van der Waals surface area contributed by atoms with Crippen LogP contribution in [0.5, 0.6) is 0 Å². The molecule has 0 radical (unpaired) electrons. The van der Waals surface area contributed by atoms with Crippen molar-refractivity contribution in [3.05, 3.63) is 137 Å². The first-order valence-corrected chi connectivity index (χ1v) is 14.5. The maximum atomic E-state index is 13.8. The largest absolute Gasteiger partial charge is 0.833 e. The van der Waals surface area contributed by atoms with Gasteiger partial charge >= 0.3 is 5.97 Å². The lowest BCUT2D eigenvalue weighted by atomic mass is 10.2. The molecule has 36 heavy (non-hydrogen) atoms. The number of carbonyl (C=O) groups is 1. The standard InChI is InChI=1S/C30H28NO3PS/c1-34-30(33)27(29(36-2)31-28(32)23-15-7-3-8-16-23)35(24-17-9-4-10-18-24,25-19-11-5-12-20-25)26-21-13-6-14-22-26/h3-22,28,31H,1-2H3. The molecule has 1 unspecified atom stereocenters. The molecule has 0 saturated heterocycles. The average Bonchev–Trinajstić information content (AvgIpc) is 2.96. The van der Waals surface area contributed by atoms with Gasteiger partial charge in [0.1, 0.15) is 20.9 Å². The Morgan fingerprint density at radius 3 is 1.50 bits per heavy atom. The quantitative estimate of drug-likeness (QED) is 0.156. The zero-order chi connectivity index (χ0) is 25.4. The molecule has 0 aliphatic heterocycles. The molecule has 6 heteroatoms. The second-order valence-corrected chi connectivity index (χ2v) is 12.1. The summed E-state index contributed by atoms with van der Waals surface area (Å²) in [5, 5.41) is 20.5. The molecule has 0 saturated carbocycles. The highest BCUT2D eigenvalue weighted by atomic mass is 32.2. The normalized spacial score (nSPS) is 12.9. The number of ether oxygens (including phenoxy) is 1. The van der Waals surface area contributed by atoms with Gasteiger partial charge in [-0.3, -0.25) is 0 Å². The maximum Gasteiger partial charge on any atom is 0.377 e. The van der Waals surface area contributed by atoms with E-state index in [9.17, 15) is 9.90 Å². The fraction of sp³-hybridized carbons (Fsp3) is 0.100. The Hall–Kier alpha value is -3.37. The molecule has 4 aromatic carbocycles. The summed E-state index contributed by atoms with van der Waals surface area (Å²) in [5.74, 6) is -0.461. The number of hydrogen-bond donors (Lipinski definition) is 1. The van der Waals surface area contributed by atoms with Gasteiger partial charge in [-0.1, -0.05) is 84.9 Å². The SMILES string of the molecule is COC(=O)C(=C(NC([O-])c1ccccc1)SC)[P+](c1ccccc1)(c1ccccc1)c1ccccc1. The number of methoxy groups -OCH3 is 1. The van der Waals surface area contributed by atoms with Crippen molar-refractivity contribution in [2.24, 2.45) is 0 Å². The minimum atomic E-state index is -2.77. The fourth-order valence-electron chi connectivity index (χ4n) is 4.32. The molecule has 182 valence electrons. The Morgan fingerprint density at radius 2 is 1.14 bits per heavy atom. The van der Waals surface area contributed by atoms with Gasteiger partial charge in [-0.05, 0) is 54.4 Å². The highest BCUT2D eigenvalue weighted by Gasteiger charge is 2.55. The molecule has 0 fully saturated rings. The van der Waals surface area contributed by atoms with E-state index < -0.39 is 19.5 Å². The number of rotatable bonds is 9. The van der Waals surface area contributed by atoms with Gasteiger partial charge in [-0.15, -0.1) is 11.8 Å². The molecule has 0 aliphatic rings. The molecule has 0 aromatic heterocycles. The van der Waals surface area contributed by atoms with Gasteiger partial charge in [-0.25, -0.2) is 4.79 Å². The molecule has 4 nitrogen and oxygen atoms in total. The zero-order valence-electron chi connectivity index (χ0n) is 20.2. The van der Waals surface area contributed by atoms with Gasteiger partial charge in [0.2, 0.25) is 5.31 Å². The number of thioether (sulfide) groups is 1. The Morgan fingerprint density at radius 1 is 0.750 bits per heavy atom. The third kappa shape index (κ3) is 5.10. The first-order chi connectivity index (χ1) is 17.6. The molecule has 1 N–H and O–H groups in total. The molecule has 0 amide bonds. The van der Waals surface area contributed by atoms with E-state index in [1.165, 1.54) is 18.9 Å². The van der Waals surface area contributed by atoms with Gasteiger partial charge in [0.25, 0.3) is 0 Å². The van der Waals surface area contributed by atoms with Gasteiger partial charge in [-0.2, -0.15) is 0 Å². The van der Waals surface area contributed by atoms with Crippen molar-refractivity contribution in [1.29, 1.82) is 0 Å². The van der Waals surface area contributed by atoms with E-state index in [-0.39, 0.29) is 0 Å².